The van der Waals surface area contributed by atoms with Gasteiger partial charge >= 0.3 is 0 Å². The van der Waals surface area contributed by atoms with Crippen LogP contribution in [0, 0.1) is 5.82 Å². The van der Waals surface area contributed by atoms with Crippen molar-refractivity contribution in [1.82, 2.24) is 14.8 Å². The number of hydrogen-bond acceptors (Lipinski definition) is 4. The lowest BCUT2D eigenvalue weighted by molar-refractivity contribution is -0.117. The summed E-state index contributed by atoms with van der Waals surface area (Å²) < 4.78 is 16.3. The average Bonchev–Trinajstić information content (AvgIpc) is 3.35. The van der Waals surface area contributed by atoms with Gasteiger partial charge in [0, 0.05) is 18.3 Å². The first-order chi connectivity index (χ1) is 14.1. The van der Waals surface area contributed by atoms with Crippen molar-refractivity contribution in [2.75, 3.05) is 11.4 Å². The molecule has 0 bridgehead atoms. The number of para-hydroxylation sites is 1. The van der Waals surface area contributed by atoms with Gasteiger partial charge in [-0.05, 0) is 49.9 Å². The highest BCUT2D eigenvalue weighted by Gasteiger charge is 2.34. The molecule has 2 heterocycles. The predicted molar refractivity (Wildman–Crippen MR) is 112 cm³/mol. The fourth-order valence-corrected chi connectivity index (χ4v) is 4.82. The summed E-state index contributed by atoms with van der Waals surface area (Å²) in [7, 11) is 0. The molecule has 0 unspecified atom stereocenters. The predicted octanol–water partition coefficient (Wildman–Crippen LogP) is 4.49. The zero-order valence-electron chi connectivity index (χ0n) is 16.1. The fraction of sp³-hybridized carbons (Fsp3) is 0.318. The third-order valence-electron chi connectivity index (χ3n) is 5.47. The van der Waals surface area contributed by atoms with Crippen molar-refractivity contribution < 1.29 is 9.18 Å². The number of carbonyl (C=O) groups is 1. The Morgan fingerprint density at radius 3 is 2.69 bits per heavy atom. The highest BCUT2D eigenvalue weighted by Crippen LogP contribution is 2.42. The Morgan fingerprint density at radius 1 is 1.14 bits per heavy atom. The molecule has 1 atom stereocenters. The average molecular weight is 409 g/mol. The van der Waals surface area contributed by atoms with E-state index in [4.69, 9.17) is 0 Å². The minimum Gasteiger partial charge on any atom is -0.311 e. The van der Waals surface area contributed by atoms with E-state index in [9.17, 15) is 9.18 Å². The summed E-state index contributed by atoms with van der Waals surface area (Å²) in [4.78, 5) is 15.0. The highest BCUT2D eigenvalue weighted by molar-refractivity contribution is 8.00. The lowest BCUT2D eigenvalue weighted by Crippen LogP contribution is -2.35. The van der Waals surface area contributed by atoms with E-state index in [-0.39, 0.29) is 23.0 Å². The Morgan fingerprint density at radius 2 is 1.90 bits per heavy atom. The van der Waals surface area contributed by atoms with Gasteiger partial charge in [-0.25, -0.2) is 4.39 Å². The van der Waals surface area contributed by atoms with Gasteiger partial charge in [-0.3, -0.25) is 9.36 Å². The maximum absolute atomic E-state index is 14.3. The molecule has 3 aromatic rings. The molecule has 29 heavy (non-hydrogen) atoms. The third kappa shape index (κ3) is 3.33. The number of benzene rings is 2. The Bertz CT molecular complexity index is 1080. The van der Waals surface area contributed by atoms with Crippen LogP contribution in [0.25, 0.3) is 11.4 Å². The molecule has 0 radical (unpaired) electrons. The summed E-state index contributed by atoms with van der Waals surface area (Å²) in [5.74, 6) is 0.299. The number of anilines is 1. The van der Waals surface area contributed by atoms with Gasteiger partial charge < -0.3 is 4.90 Å². The van der Waals surface area contributed by atoms with Crippen LogP contribution < -0.4 is 4.90 Å². The molecule has 5 rings (SSSR count). The normalized spacial score (nSPS) is 16.7. The molecule has 2 aromatic carbocycles. The van der Waals surface area contributed by atoms with E-state index in [2.05, 4.69) is 16.3 Å². The molecule has 1 amide bonds. The SMILES string of the molecule is C[C@H](Sc1nnc(-c2ccccc2F)n1C1CC1)C(=O)N1CCc2ccccc21. The second-order valence-electron chi connectivity index (χ2n) is 7.52. The van der Waals surface area contributed by atoms with Crippen molar-refractivity contribution in [1.29, 1.82) is 0 Å². The van der Waals surface area contributed by atoms with Crippen LogP contribution in [0.2, 0.25) is 0 Å². The van der Waals surface area contributed by atoms with Gasteiger partial charge in [0.25, 0.3) is 0 Å². The van der Waals surface area contributed by atoms with Gasteiger partial charge in [-0.2, -0.15) is 0 Å². The Balaban J connectivity index is 1.41. The Hall–Kier alpha value is -2.67. The largest absolute Gasteiger partial charge is 0.311 e. The molecular formula is C22H21FN4OS. The van der Waals surface area contributed by atoms with Crippen molar-refractivity contribution in [3.8, 4) is 11.4 Å². The summed E-state index contributed by atoms with van der Waals surface area (Å²) in [6.45, 7) is 2.61. The molecule has 1 aliphatic heterocycles. The molecule has 1 fully saturated rings. The fourth-order valence-electron chi connectivity index (χ4n) is 3.84. The molecule has 1 aromatic heterocycles. The van der Waals surface area contributed by atoms with Crippen molar-refractivity contribution in [2.45, 2.75) is 42.6 Å². The number of rotatable bonds is 5. The van der Waals surface area contributed by atoms with Crippen LogP contribution >= 0.6 is 11.8 Å². The van der Waals surface area contributed by atoms with E-state index in [0.717, 1.165) is 24.9 Å². The van der Waals surface area contributed by atoms with Crippen LogP contribution in [0.15, 0.2) is 53.7 Å². The van der Waals surface area contributed by atoms with Crippen LogP contribution in [-0.2, 0) is 11.2 Å². The van der Waals surface area contributed by atoms with E-state index >= 15 is 0 Å². The number of amides is 1. The number of hydrogen-bond donors (Lipinski definition) is 0. The quantitative estimate of drug-likeness (QED) is 0.584. The van der Waals surface area contributed by atoms with Crippen molar-refractivity contribution >= 4 is 23.4 Å². The van der Waals surface area contributed by atoms with Crippen LogP contribution in [0.1, 0.15) is 31.4 Å². The molecule has 0 N–H and O–H groups in total. The Labute approximate surface area is 172 Å². The third-order valence-corrected chi connectivity index (χ3v) is 6.52. The number of nitrogens with zero attached hydrogens (tertiary/aromatic N) is 4. The summed E-state index contributed by atoms with van der Waals surface area (Å²) in [5, 5.41) is 8.98. The van der Waals surface area contributed by atoms with E-state index in [1.807, 2.05) is 34.6 Å². The minimum absolute atomic E-state index is 0.0674. The van der Waals surface area contributed by atoms with Crippen LogP contribution in [0.3, 0.4) is 0 Å². The Kier molecular flexibility index (Phi) is 4.62. The molecule has 2 aliphatic rings. The van der Waals surface area contributed by atoms with Gasteiger partial charge in [0.05, 0.1) is 10.8 Å². The van der Waals surface area contributed by atoms with Gasteiger partial charge in [0.2, 0.25) is 5.91 Å². The zero-order valence-corrected chi connectivity index (χ0v) is 16.9. The van der Waals surface area contributed by atoms with E-state index in [1.165, 1.54) is 23.4 Å². The number of fused-ring (bicyclic) bond motifs is 1. The van der Waals surface area contributed by atoms with Crippen LogP contribution in [-0.4, -0.2) is 32.5 Å². The lowest BCUT2D eigenvalue weighted by Gasteiger charge is -2.21. The summed E-state index contributed by atoms with van der Waals surface area (Å²) >= 11 is 1.41. The van der Waals surface area contributed by atoms with E-state index in [1.54, 1.807) is 18.2 Å². The second-order valence-corrected chi connectivity index (χ2v) is 8.82. The lowest BCUT2D eigenvalue weighted by atomic mass is 10.2. The first-order valence-electron chi connectivity index (χ1n) is 9.89. The molecule has 1 aliphatic carbocycles. The number of aromatic nitrogens is 3. The summed E-state index contributed by atoms with van der Waals surface area (Å²) in [6, 6.07) is 14.9. The topological polar surface area (TPSA) is 51.0 Å². The zero-order chi connectivity index (χ0) is 20.0. The van der Waals surface area contributed by atoms with Crippen LogP contribution in [0.4, 0.5) is 10.1 Å². The van der Waals surface area contributed by atoms with E-state index in [0.29, 0.717) is 23.1 Å². The smallest absolute Gasteiger partial charge is 0.240 e. The number of halogens is 1. The van der Waals surface area contributed by atoms with Crippen molar-refractivity contribution in [3.05, 3.63) is 59.9 Å². The molecule has 0 spiro atoms. The highest BCUT2D eigenvalue weighted by atomic mass is 32.2. The van der Waals surface area contributed by atoms with Crippen molar-refractivity contribution in [2.24, 2.45) is 0 Å². The maximum atomic E-state index is 14.3. The maximum Gasteiger partial charge on any atom is 0.240 e. The summed E-state index contributed by atoms with van der Waals surface area (Å²) in [5.41, 5.74) is 2.66. The molecule has 5 nitrogen and oxygen atoms in total. The van der Waals surface area contributed by atoms with Gasteiger partial charge in [0.1, 0.15) is 5.82 Å². The van der Waals surface area contributed by atoms with Gasteiger partial charge in [0.15, 0.2) is 11.0 Å². The number of thioether (sulfide) groups is 1. The van der Waals surface area contributed by atoms with Gasteiger partial charge in [-0.1, -0.05) is 42.1 Å². The molecule has 7 heteroatoms. The molecular weight excluding hydrogens is 387 g/mol. The van der Waals surface area contributed by atoms with Gasteiger partial charge in [-0.15, -0.1) is 10.2 Å². The second kappa shape index (κ2) is 7.30. The minimum atomic E-state index is -0.309. The van der Waals surface area contributed by atoms with E-state index < -0.39 is 0 Å². The van der Waals surface area contributed by atoms with Crippen molar-refractivity contribution in [3.63, 3.8) is 0 Å². The first kappa shape index (κ1) is 18.4. The molecule has 0 saturated heterocycles. The molecule has 148 valence electrons. The van der Waals surface area contributed by atoms with Crippen LogP contribution in [0.5, 0.6) is 0 Å². The first-order valence-corrected chi connectivity index (χ1v) is 10.8. The standard InChI is InChI=1S/C22H21FN4OS/c1-14(21(28)26-13-12-15-6-2-5-9-19(15)26)29-22-25-24-20(27(22)16-10-11-16)17-7-3-4-8-18(17)23/h2-9,14,16H,10-13H2,1H3/t14-/m0/s1. The molecule has 1 saturated carbocycles. The monoisotopic (exact) mass is 408 g/mol. The number of carbonyl (C=O) groups excluding carboxylic acids is 1. The summed E-state index contributed by atoms with van der Waals surface area (Å²) in [6.07, 6.45) is 2.93.